The van der Waals surface area contributed by atoms with Crippen molar-refractivity contribution >= 4 is 45.6 Å². The van der Waals surface area contributed by atoms with Gasteiger partial charge in [-0.25, -0.2) is 0 Å². The lowest BCUT2D eigenvalue weighted by molar-refractivity contribution is -0.113. The highest BCUT2D eigenvalue weighted by Crippen LogP contribution is 2.33. The van der Waals surface area contributed by atoms with Crippen molar-refractivity contribution < 1.29 is 4.79 Å². The molecule has 0 saturated heterocycles. The second-order valence-electron chi connectivity index (χ2n) is 7.02. The van der Waals surface area contributed by atoms with Crippen molar-refractivity contribution in [2.45, 2.75) is 19.0 Å². The average molecular weight is 480 g/mol. The number of thiophene rings is 1. The summed E-state index contributed by atoms with van der Waals surface area (Å²) in [6.45, 7) is 4.04. The molecule has 4 aromatic rings. The number of carbonyl (C=O) groups is 1. The van der Waals surface area contributed by atoms with Crippen LogP contribution >= 0.6 is 34.7 Å². The summed E-state index contributed by atoms with van der Waals surface area (Å²) in [4.78, 5) is 12.5. The van der Waals surface area contributed by atoms with Gasteiger partial charge >= 0.3 is 0 Å². The lowest BCUT2D eigenvalue weighted by Gasteiger charge is -2.14. The Bertz CT molecular complexity index is 1340. The second kappa shape index (κ2) is 9.57. The predicted octanol–water partition coefficient (Wildman–Crippen LogP) is 5.87. The highest BCUT2D eigenvalue weighted by molar-refractivity contribution is 7.99. The van der Waals surface area contributed by atoms with E-state index in [0.29, 0.717) is 26.6 Å². The number of halogens is 1. The number of hydrogen-bond acceptors (Lipinski definition) is 6. The molecule has 0 saturated carbocycles. The lowest BCUT2D eigenvalue weighted by Crippen LogP contribution is -2.14. The fraction of sp³-hybridized carbons (Fsp3) is 0.130. The quantitative estimate of drug-likeness (QED) is 0.350. The Morgan fingerprint density at radius 3 is 2.81 bits per heavy atom. The van der Waals surface area contributed by atoms with Crippen molar-refractivity contribution in [3.8, 4) is 23.1 Å². The minimum absolute atomic E-state index is 0.119. The molecule has 6 nitrogen and oxygen atoms in total. The Labute approximate surface area is 198 Å². The third-order valence-electron chi connectivity index (χ3n) is 4.72. The predicted molar refractivity (Wildman–Crippen MR) is 130 cm³/mol. The zero-order chi connectivity index (χ0) is 22.7. The molecule has 0 aliphatic rings. The van der Waals surface area contributed by atoms with Crippen molar-refractivity contribution in [2.75, 3.05) is 11.1 Å². The van der Waals surface area contributed by atoms with Gasteiger partial charge in [-0.2, -0.15) is 5.26 Å². The molecule has 160 valence electrons. The number of hydrogen-bond donors (Lipinski definition) is 1. The third-order valence-corrected chi connectivity index (χ3v) is 6.81. The van der Waals surface area contributed by atoms with Gasteiger partial charge in [0.2, 0.25) is 5.91 Å². The van der Waals surface area contributed by atoms with Crippen LogP contribution in [0.1, 0.15) is 16.7 Å². The van der Waals surface area contributed by atoms with Gasteiger partial charge in [0.05, 0.1) is 22.0 Å². The molecule has 0 aliphatic carbocycles. The summed E-state index contributed by atoms with van der Waals surface area (Å²) < 4.78 is 1.94. The smallest absolute Gasteiger partial charge is 0.235 e. The van der Waals surface area contributed by atoms with Crippen LogP contribution in [0.4, 0.5) is 5.00 Å². The number of nitriles is 1. The second-order valence-corrected chi connectivity index (χ2v) is 9.29. The molecule has 0 aliphatic heterocycles. The first-order valence-corrected chi connectivity index (χ1v) is 11.9. The topological polar surface area (TPSA) is 83.6 Å². The molecule has 0 bridgehead atoms. The number of amides is 1. The maximum atomic E-state index is 12.5. The molecule has 0 unspecified atom stereocenters. The summed E-state index contributed by atoms with van der Waals surface area (Å²) in [5.74, 6) is 0.509. The Balaban J connectivity index is 1.68. The number of aryl methyl sites for hydroxylation is 2. The normalized spacial score (nSPS) is 10.7. The Morgan fingerprint density at radius 2 is 2.03 bits per heavy atom. The highest BCUT2D eigenvalue weighted by Gasteiger charge is 2.20. The summed E-state index contributed by atoms with van der Waals surface area (Å²) >= 11 is 9.05. The average Bonchev–Trinajstić information content (AvgIpc) is 3.41. The molecule has 0 radical (unpaired) electrons. The Morgan fingerprint density at radius 1 is 1.22 bits per heavy atom. The van der Waals surface area contributed by atoms with Crippen molar-refractivity contribution in [1.29, 1.82) is 5.26 Å². The van der Waals surface area contributed by atoms with Gasteiger partial charge in [-0.15, -0.1) is 21.5 Å². The molecule has 9 heteroatoms. The molecule has 2 aromatic heterocycles. The lowest BCUT2D eigenvalue weighted by atomic mass is 10.1. The first-order valence-electron chi connectivity index (χ1n) is 9.66. The minimum Gasteiger partial charge on any atom is -0.316 e. The van der Waals surface area contributed by atoms with Gasteiger partial charge < -0.3 is 5.32 Å². The maximum absolute atomic E-state index is 12.5. The van der Waals surface area contributed by atoms with Crippen molar-refractivity contribution in [3.05, 3.63) is 75.6 Å². The molecular formula is C23H18ClN5OS2. The van der Waals surface area contributed by atoms with E-state index < -0.39 is 0 Å². The number of carbonyl (C=O) groups excluding carboxylic acids is 1. The highest BCUT2D eigenvalue weighted by atomic mass is 35.5. The number of thioether (sulfide) groups is 1. The summed E-state index contributed by atoms with van der Waals surface area (Å²) in [6.07, 6.45) is 0. The number of anilines is 1. The van der Waals surface area contributed by atoms with Crippen LogP contribution in [-0.4, -0.2) is 26.4 Å². The minimum atomic E-state index is -0.219. The van der Waals surface area contributed by atoms with Gasteiger partial charge in [-0.05, 0) is 54.6 Å². The number of nitrogens with zero attached hydrogens (tertiary/aromatic N) is 4. The first kappa shape index (κ1) is 22.1. The standard InChI is InChI=1S/C23H18ClN5OS2/c1-14-7-8-15(2)19(11-14)29-21(17-5-3-4-6-18(17)24)27-28-23(29)32-13-20(30)26-22-16(12-25)9-10-31-22/h3-11H,13H2,1-2H3,(H,26,30). The van der Waals surface area contributed by atoms with E-state index in [1.54, 1.807) is 11.4 Å². The molecule has 0 fully saturated rings. The summed E-state index contributed by atoms with van der Waals surface area (Å²) in [5, 5.41) is 24.2. The fourth-order valence-electron chi connectivity index (χ4n) is 3.14. The van der Waals surface area contributed by atoms with Gasteiger partial charge in [0.15, 0.2) is 11.0 Å². The molecule has 32 heavy (non-hydrogen) atoms. The van der Waals surface area contributed by atoms with Crippen molar-refractivity contribution in [3.63, 3.8) is 0 Å². The molecule has 0 spiro atoms. The molecule has 4 rings (SSSR count). The van der Waals surface area contributed by atoms with Gasteiger partial charge in [-0.3, -0.25) is 9.36 Å². The zero-order valence-corrected chi connectivity index (χ0v) is 19.7. The number of benzene rings is 2. The van der Waals surface area contributed by atoms with Crippen LogP contribution in [0, 0.1) is 25.2 Å². The van der Waals surface area contributed by atoms with Crippen LogP contribution in [0.5, 0.6) is 0 Å². The Kier molecular flexibility index (Phi) is 6.61. The van der Waals surface area contributed by atoms with E-state index in [1.807, 2.05) is 54.8 Å². The Hall–Kier alpha value is -3.12. The zero-order valence-electron chi connectivity index (χ0n) is 17.3. The van der Waals surface area contributed by atoms with E-state index >= 15 is 0 Å². The SMILES string of the molecule is Cc1ccc(C)c(-n2c(SCC(=O)Nc3sccc3C#N)nnc2-c2ccccc2Cl)c1. The van der Waals surface area contributed by atoms with Gasteiger partial charge in [0.25, 0.3) is 0 Å². The first-order chi connectivity index (χ1) is 15.5. The van der Waals surface area contributed by atoms with Crippen LogP contribution in [-0.2, 0) is 4.79 Å². The largest absolute Gasteiger partial charge is 0.316 e. The van der Waals surface area contributed by atoms with E-state index in [2.05, 4.69) is 27.6 Å². The van der Waals surface area contributed by atoms with Crippen molar-refractivity contribution in [2.24, 2.45) is 0 Å². The van der Waals surface area contributed by atoms with E-state index in [1.165, 1.54) is 23.1 Å². The van der Waals surface area contributed by atoms with E-state index in [-0.39, 0.29) is 11.7 Å². The summed E-state index contributed by atoms with van der Waals surface area (Å²) in [5.41, 5.74) is 4.29. The number of aromatic nitrogens is 3. The molecule has 2 aromatic carbocycles. The molecule has 1 N–H and O–H groups in total. The van der Waals surface area contributed by atoms with Crippen molar-refractivity contribution in [1.82, 2.24) is 14.8 Å². The molecule has 1 amide bonds. The monoisotopic (exact) mass is 479 g/mol. The van der Waals surface area contributed by atoms with E-state index in [9.17, 15) is 4.79 Å². The number of nitrogens with one attached hydrogen (secondary N) is 1. The van der Waals surface area contributed by atoms with Gasteiger partial charge in [0, 0.05) is 5.56 Å². The maximum Gasteiger partial charge on any atom is 0.235 e. The van der Waals surface area contributed by atoms with Crippen LogP contribution in [0.3, 0.4) is 0 Å². The molecular weight excluding hydrogens is 462 g/mol. The van der Waals surface area contributed by atoms with E-state index in [4.69, 9.17) is 16.9 Å². The number of rotatable bonds is 6. The molecule has 2 heterocycles. The summed E-state index contributed by atoms with van der Waals surface area (Å²) in [6, 6.07) is 17.4. The van der Waals surface area contributed by atoms with Gasteiger partial charge in [-0.1, -0.05) is 47.6 Å². The van der Waals surface area contributed by atoms with Crippen LogP contribution in [0.25, 0.3) is 17.1 Å². The third kappa shape index (κ3) is 4.55. The van der Waals surface area contributed by atoms with Crippen LogP contribution in [0.15, 0.2) is 59.1 Å². The molecule has 0 atom stereocenters. The fourth-order valence-corrected chi connectivity index (χ4v) is 4.86. The van der Waals surface area contributed by atoms with Crippen LogP contribution in [0.2, 0.25) is 5.02 Å². The summed E-state index contributed by atoms with van der Waals surface area (Å²) in [7, 11) is 0. The van der Waals surface area contributed by atoms with Crippen LogP contribution < -0.4 is 5.32 Å². The van der Waals surface area contributed by atoms with Gasteiger partial charge in [0.1, 0.15) is 11.1 Å². The van der Waals surface area contributed by atoms with E-state index in [0.717, 1.165) is 22.4 Å².